The Labute approximate surface area is 171 Å². The Morgan fingerprint density at radius 2 is 1.41 bits per heavy atom. The number of aromatic nitrogens is 2. The van der Waals surface area contributed by atoms with Crippen molar-refractivity contribution in [2.75, 3.05) is 16.0 Å². The summed E-state index contributed by atoms with van der Waals surface area (Å²) in [5.74, 6) is 2.05. The average molecular weight is 390 g/mol. The normalized spacial score (nSPS) is 10.5. The molecule has 0 bridgehead atoms. The Hall–Kier alpha value is -3.41. The molecule has 150 valence electrons. The predicted octanol–water partition coefficient (Wildman–Crippen LogP) is 5.36. The van der Waals surface area contributed by atoms with Crippen molar-refractivity contribution in [2.45, 2.75) is 40.5 Å². The van der Waals surface area contributed by atoms with Crippen LogP contribution in [0.2, 0.25) is 0 Å². The molecule has 0 radical (unpaired) electrons. The van der Waals surface area contributed by atoms with E-state index in [1.807, 2.05) is 37.3 Å². The van der Waals surface area contributed by atoms with Crippen LogP contribution in [0.5, 0.6) is 0 Å². The van der Waals surface area contributed by atoms with E-state index in [2.05, 4.69) is 58.0 Å². The van der Waals surface area contributed by atoms with Crippen molar-refractivity contribution in [1.29, 1.82) is 0 Å². The molecule has 0 aliphatic rings. The summed E-state index contributed by atoms with van der Waals surface area (Å²) in [4.78, 5) is 20.2. The number of benzene rings is 2. The number of rotatable bonds is 7. The van der Waals surface area contributed by atoms with E-state index in [4.69, 9.17) is 0 Å². The van der Waals surface area contributed by atoms with Gasteiger partial charge in [-0.05, 0) is 55.2 Å². The maximum Gasteiger partial charge on any atom is 0.221 e. The van der Waals surface area contributed by atoms with Crippen LogP contribution in [0.1, 0.15) is 37.7 Å². The molecule has 0 unspecified atom stereocenters. The Morgan fingerprint density at radius 3 is 1.97 bits per heavy atom. The molecule has 0 saturated carbocycles. The number of amides is 1. The molecule has 3 rings (SSSR count). The standard InChI is InChI=1S/C23H27N5O/c1-5-17-8-7-9-18(6-2)23(17)28-22-14-21(24-15(3)25-22)27-20-12-10-19(11-13-20)26-16(4)29/h7-14H,5-6H2,1-4H3,(H,26,29)(H2,24,25,27,28). The van der Waals surface area contributed by atoms with Gasteiger partial charge in [-0.3, -0.25) is 4.79 Å². The van der Waals surface area contributed by atoms with Crippen LogP contribution in [-0.4, -0.2) is 15.9 Å². The SMILES string of the molecule is CCc1cccc(CC)c1Nc1cc(Nc2ccc(NC(C)=O)cc2)nc(C)n1. The molecule has 0 aliphatic carbocycles. The second-order valence-electron chi connectivity index (χ2n) is 6.85. The summed E-state index contributed by atoms with van der Waals surface area (Å²) in [6, 6.07) is 15.8. The smallest absolute Gasteiger partial charge is 0.221 e. The Kier molecular flexibility index (Phi) is 6.44. The van der Waals surface area contributed by atoms with Gasteiger partial charge in [-0.15, -0.1) is 0 Å². The molecule has 0 saturated heterocycles. The van der Waals surface area contributed by atoms with E-state index in [0.29, 0.717) is 11.6 Å². The van der Waals surface area contributed by atoms with Gasteiger partial charge in [0.15, 0.2) is 0 Å². The van der Waals surface area contributed by atoms with Crippen LogP contribution in [0.15, 0.2) is 48.5 Å². The van der Waals surface area contributed by atoms with Crippen LogP contribution in [0.3, 0.4) is 0 Å². The van der Waals surface area contributed by atoms with E-state index < -0.39 is 0 Å². The van der Waals surface area contributed by atoms with Gasteiger partial charge in [-0.1, -0.05) is 32.0 Å². The summed E-state index contributed by atoms with van der Waals surface area (Å²) in [7, 11) is 0. The van der Waals surface area contributed by atoms with Crippen molar-refractivity contribution < 1.29 is 4.79 Å². The summed E-state index contributed by atoms with van der Waals surface area (Å²) in [5.41, 5.74) is 5.30. The Bertz CT molecular complexity index is 976. The third-order valence-corrected chi connectivity index (χ3v) is 4.57. The van der Waals surface area contributed by atoms with Crippen LogP contribution < -0.4 is 16.0 Å². The van der Waals surface area contributed by atoms with Gasteiger partial charge in [0.2, 0.25) is 5.91 Å². The van der Waals surface area contributed by atoms with Crippen molar-refractivity contribution in [3.05, 3.63) is 65.5 Å². The van der Waals surface area contributed by atoms with Gasteiger partial charge in [0.25, 0.3) is 0 Å². The van der Waals surface area contributed by atoms with Crippen molar-refractivity contribution in [3.63, 3.8) is 0 Å². The van der Waals surface area contributed by atoms with Gasteiger partial charge in [-0.2, -0.15) is 0 Å². The number of anilines is 5. The lowest BCUT2D eigenvalue weighted by Gasteiger charge is -2.16. The number of nitrogens with zero attached hydrogens (tertiary/aromatic N) is 2. The highest BCUT2D eigenvalue weighted by molar-refractivity contribution is 5.88. The van der Waals surface area contributed by atoms with Gasteiger partial charge in [0, 0.05) is 30.1 Å². The van der Waals surface area contributed by atoms with Crippen LogP contribution in [-0.2, 0) is 17.6 Å². The molecule has 2 aromatic carbocycles. The van der Waals surface area contributed by atoms with Crippen LogP contribution in [0.25, 0.3) is 0 Å². The zero-order valence-corrected chi connectivity index (χ0v) is 17.3. The second kappa shape index (κ2) is 9.19. The van der Waals surface area contributed by atoms with E-state index in [1.54, 1.807) is 0 Å². The molecule has 3 aromatic rings. The molecule has 0 aliphatic heterocycles. The molecular formula is C23H27N5O. The molecule has 1 amide bonds. The van der Waals surface area contributed by atoms with Gasteiger partial charge < -0.3 is 16.0 Å². The topological polar surface area (TPSA) is 78.9 Å². The first-order chi connectivity index (χ1) is 14.0. The Morgan fingerprint density at radius 1 is 0.862 bits per heavy atom. The summed E-state index contributed by atoms with van der Waals surface area (Å²) in [5, 5.41) is 9.57. The highest BCUT2D eigenvalue weighted by atomic mass is 16.1. The maximum absolute atomic E-state index is 11.2. The van der Waals surface area contributed by atoms with Crippen LogP contribution in [0.4, 0.5) is 28.7 Å². The van der Waals surface area contributed by atoms with Crippen LogP contribution in [0, 0.1) is 6.92 Å². The number of carbonyl (C=O) groups is 1. The molecule has 3 N–H and O–H groups in total. The van der Waals surface area contributed by atoms with E-state index >= 15 is 0 Å². The zero-order chi connectivity index (χ0) is 20.8. The summed E-state index contributed by atoms with van der Waals surface area (Å²) < 4.78 is 0. The van der Waals surface area contributed by atoms with Crippen molar-refractivity contribution in [2.24, 2.45) is 0 Å². The van der Waals surface area contributed by atoms with Gasteiger partial charge in [0.1, 0.15) is 17.5 Å². The quantitative estimate of drug-likeness (QED) is 0.507. The molecule has 1 heterocycles. The fourth-order valence-corrected chi connectivity index (χ4v) is 3.21. The first kappa shape index (κ1) is 20.3. The third-order valence-electron chi connectivity index (χ3n) is 4.57. The Balaban J connectivity index is 1.83. The van der Waals surface area contributed by atoms with Gasteiger partial charge >= 0.3 is 0 Å². The molecule has 0 fully saturated rings. The molecule has 1 aromatic heterocycles. The minimum absolute atomic E-state index is 0.0911. The lowest BCUT2D eigenvalue weighted by molar-refractivity contribution is -0.114. The summed E-state index contributed by atoms with van der Waals surface area (Å²) in [6.07, 6.45) is 1.90. The number of hydrogen-bond donors (Lipinski definition) is 3. The molecular weight excluding hydrogens is 362 g/mol. The van der Waals surface area contributed by atoms with E-state index in [-0.39, 0.29) is 5.91 Å². The van der Waals surface area contributed by atoms with Crippen molar-refractivity contribution in [3.8, 4) is 0 Å². The average Bonchev–Trinajstić information content (AvgIpc) is 2.69. The van der Waals surface area contributed by atoms with Crippen molar-refractivity contribution in [1.82, 2.24) is 9.97 Å². The maximum atomic E-state index is 11.2. The molecule has 29 heavy (non-hydrogen) atoms. The molecule has 6 nitrogen and oxygen atoms in total. The molecule has 6 heteroatoms. The summed E-state index contributed by atoms with van der Waals surface area (Å²) in [6.45, 7) is 7.68. The predicted molar refractivity (Wildman–Crippen MR) is 119 cm³/mol. The minimum atomic E-state index is -0.0911. The lowest BCUT2D eigenvalue weighted by atomic mass is 10.0. The monoisotopic (exact) mass is 389 g/mol. The largest absolute Gasteiger partial charge is 0.340 e. The second-order valence-corrected chi connectivity index (χ2v) is 6.85. The number of para-hydroxylation sites is 1. The highest BCUT2D eigenvalue weighted by Gasteiger charge is 2.09. The number of hydrogen-bond acceptors (Lipinski definition) is 5. The number of nitrogens with one attached hydrogen (secondary N) is 3. The van der Waals surface area contributed by atoms with E-state index in [1.165, 1.54) is 18.1 Å². The van der Waals surface area contributed by atoms with Gasteiger partial charge in [0.05, 0.1) is 0 Å². The number of carbonyl (C=O) groups excluding carboxylic acids is 1. The van der Waals surface area contributed by atoms with Crippen LogP contribution >= 0.6 is 0 Å². The highest BCUT2D eigenvalue weighted by Crippen LogP contribution is 2.27. The molecule has 0 spiro atoms. The first-order valence-corrected chi connectivity index (χ1v) is 9.86. The van der Waals surface area contributed by atoms with E-state index in [0.717, 1.165) is 35.7 Å². The van der Waals surface area contributed by atoms with E-state index in [9.17, 15) is 4.79 Å². The zero-order valence-electron chi connectivity index (χ0n) is 17.3. The minimum Gasteiger partial charge on any atom is -0.340 e. The number of aryl methyl sites for hydroxylation is 3. The van der Waals surface area contributed by atoms with Gasteiger partial charge in [-0.25, -0.2) is 9.97 Å². The fraction of sp³-hybridized carbons (Fsp3) is 0.261. The lowest BCUT2D eigenvalue weighted by Crippen LogP contribution is -2.06. The molecule has 0 atom stereocenters. The first-order valence-electron chi connectivity index (χ1n) is 9.86. The fourth-order valence-electron chi connectivity index (χ4n) is 3.21. The van der Waals surface area contributed by atoms with Crippen molar-refractivity contribution >= 4 is 34.6 Å². The summed E-state index contributed by atoms with van der Waals surface area (Å²) >= 11 is 0. The third kappa shape index (κ3) is 5.31.